The van der Waals surface area contributed by atoms with E-state index in [1.165, 1.54) is 53.5 Å². The van der Waals surface area contributed by atoms with Crippen molar-refractivity contribution in [2.24, 2.45) is 0 Å². The van der Waals surface area contributed by atoms with Gasteiger partial charge in [0.25, 0.3) is 0 Å². The molecular weight excluding hydrogens is 454 g/mol. The zero-order valence-corrected chi connectivity index (χ0v) is 20.7. The fourth-order valence-corrected chi connectivity index (χ4v) is 6.40. The second-order valence-corrected chi connectivity index (χ2v) is 10.4. The van der Waals surface area contributed by atoms with Crippen LogP contribution in [0.25, 0.3) is 36.5 Å². The molecule has 36 heavy (non-hydrogen) atoms. The Morgan fingerprint density at radius 2 is 1.33 bits per heavy atom. The molecule has 2 heteroatoms. The Balaban J connectivity index is 1.43. The Morgan fingerprint density at radius 1 is 0.583 bits per heavy atom. The molecule has 0 aliphatic heterocycles. The van der Waals surface area contributed by atoms with Crippen molar-refractivity contribution in [3.05, 3.63) is 133 Å². The van der Waals surface area contributed by atoms with E-state index >= 15 is 0 Å². The third-order valence-corrected chi connectivity index (χ3v) is 8.23. The lowest BCUT2D eigenvalue weighted by molar-refractivity contribution is 1.04. The van der Waals surface area contributed by atoms with Gasteiger partial charge in [-0.3, -0.25) is 0 Å². The SMILES string of the molecule is C1=CC(c2ccc(N(c3ccc4sc5ccccc5c4c3)c3cccc4ccccc34)cc2)=CCC1. The van der Waals surface area contributed by atoms with Crippen molar-refractivity contribution in [1.82, 2.24) is 0 Å². The molecular formula is C34H25NS. The van der Waals surface area contributed by atoms with Crippen molar-refractivity contribution in [3.63, 3.8) is 0 Å². The Kier molecular flexibility index (Phi) is 5.18. The summed E-state index contributed by atoms with van der Waals surface area (Å²) in [6.45, 7) is 0. The number of nitrogens with zero attached hydrogens (tertiary/aromatic N) is 1. The van der Waals surface area contributed by atoms with Gasteiger partial charge in [0.15, 0.2) is 0 Å². The minimum Gasteiger partial charge on any atom is -0.310 e. The predicted octanol–water partition coefficient (Wildman–Crippen LogP) is 10.4. The van der Waals surface area contributed by atoms with Crippen molar-refractivity contribution < 1.29 is 0 Å². The molecule has 1 aliphatic rings. The highest BCUT2D eigenvalue weighted by Gasteiger charge is 2.17. The van der Waals surface area contributed by atoms with Gasteiger partial charge in [-0.25, -0.2) is 0 Å². The molecule has 0 saturated heterocycles. The van der Waals surface area contributed by atoms with Crippen LogP contribution in [0.3, 0.4) is 0 Å². The maximum atomic E-state index is 2.41. The topological polar surface area (TPSA) is 3.24 Å². The van der Waals surface area contributed by atoms with E-state index in [-0.39, 0.29) is 0 Å². The number of benzene rings is 5. The molecule has 0 fully saturated rings. The fraction of sp³-hybridized carbons (Fsp3) is 0.0588. The van der Waals surface area contributed by atoms with Crippen LogP contribution in [-0.2, 0) is 0 Å². The molecule has 0 unspecified atom stereocenters. The molecule has 1 nitrogen and oxygen atoms in total. The molecule has 0 radical (unpaired) electrons. The van der Waals surface area contributed by atoms with E-state index in [2.05, 4.69) is 132 Å². The van der Waals surface area contributed by atoms with Crippen LogP contribution >= 0.6 is 11.3 Å². The smallest absolute Gasteiger partial charge is 0.0540 e. The Bertz CT molecular complexity index is 1780. The zero-order chi connectivity index (χ0) is 23.9. The second kappa shape index (κ2) is 8.82. The van der Waals surface area contributed by atoms with E-state index < -0.39 is 0 Å². The Morgan fingerprint density at radius 3 is 2.19 bits per heavy atom. The van der Waals surface area contributed by atoms with Crippen molar-refractivity contribution in [1.29, 1.82) is 0 Å². The zero-order valence-electron chi connectivity index (χ0n) is 19.9. The first kappa shape index (κ1) is 21.2. The van der Waals surface area contributed by atoms with Gasteiger partial charge in [-0.2, -0.15) is 0 Å². The van der Waals surface area contributed by atoms with Crippen LogP contribution in [0, 0.1) is 0 Å². The van der Waals surface area contributed by atoms with Crippen LogP contribution in [-0.4, -0.2) is 0 Å². The van der Waals surface area contributed by atoms with Crippen molar-refractivity contribution in [2.75, 3.05) is 4.90 Å². The second-order valence-electron chi connectivity index (χ2n) is 9.30. The maximum absolute atomic E-state index is 2.41. The Hall–Kier alpha value is -4.14. The van der Waals surface area contributed by atoms with Crippen LogP contribution < -0.4 is 4.90 Å². The van der Waals surface area contributed by atoms with Crippen molar-refractivity contribution >= 4 is 64.9 Å². The molecule has 6 aromatic rings. The van der Waals surface area contributed by atoms with Gasteiger partial charge < -0.3 is 4.90 Å². The van der Waals surface area contributed by atoms with Gasteiger partial charge in [-0.1, -0.05) is 85.0 Å². The summed E-state index contributed by atoms with van der Waals surface area (Å²) in [4.78, 5) is 2.41. The van der Waals surface area contributed by atoms with Gasteiger partial charge in [0.05, 0.1) is 5.69 Å². The van der Waals surface area contributed by atoms with E-state index in [1.807, 2.05) is 11.3 Å². The highest BCUT2D eigenvalue weighted by Crippen LogP contribution is 2.42. The highest BCUT2D eigenvalue weighted by atomic mass is 32.1. The molecule has 7 rings (SSSR count). The molecule has 0 spiro atoms. The summed E-state index contributed by atoms with van der Waals surface area (Å²) in [6.07, 6.45) is 9.11. The van der Waals surface area contributed by atoms with Gasteiger partial charge in [0.2, 0.25) is 0 Å². The molecule has 1 aromatic heterocycles. The lowest BCUT2D eigenvalue weighted by atomic mass is 9.99. The van der Waals surface area contributed by atoms with E-state index in [4.69, 9.17) is 0 Å². The van der Waals surface area contributed by atoms with Gasteiger partial charge in [-0.15, -0.1) is 11.3 Å². The number of fused-ring (bicyclic) bond motifs is 4. The van der Waals surface area contributed by atoms with E-state index in [0.717, 1.165) is 18.5 Å². The molecule has 172 valence electrons. The van der Waals surface area contributed by atoms with E-state index in [0.29, 0.717) is 0 Å². The van der Waals surface area contributed by atoms with Gasteiger partial charge in [-0.05, 0) is 71.8 Å². The molecule has 0 atom stereocenters. The van der Waals surface area contributed by atoms with Gasteiger partial charge in [0.1, 0.15) is 0 Å². The van der Waals surface area contributed by atoms with Crippen LogP contribution in [0.2, 0.25) is 0 Å². The first-order valence-electron chi connectivity index (χ1n) is 12.5. The summed E-state index contributed by atoms with van der Waals surface area (Å²) < 4.78 is 2.66. The van der Waals surface area contributed by atoms with Crippen LogP contribution in [0.4, 0.5) is 17.1 Å². The summed E-state index contributed by atoms with van der Waals surface area (Å²) in [6, 6.07) is 39.9. The number of rotatable bonds is 4. The third kappa shape index (κ3) is 3.62. The predicted molar refractivity (Wildman–Crippen MR) is 158 cm³/mol. The van der Waals surface area contributed by atoms with Crippen LogP contribution in [0.5, 0.6) is 0 Å². The normalized spacial score (nSPS) is 13.4. The highest BCUT2D eigenvalue weighted by molar-refractivity contribution is 7.25. The number of anilines is 3. The minimum atomic E-state index is 1.12. The Labute approximate surface area is 215 Å². The lowest BCUT2D eigenvalue weighted by Crippen LogP contribution is -2.10. The van der Waals surface area contributed by atoms with Crippen LogP contribution in [0.1, 0.15) is 18.4 Å². The summed E-state index contributed by atoms with van der Waals surface area (Å²) in [5, 5.41) is 5.13. The number of hydrogen-bond acceptors (Lipinski definition) is 2. The molecule has 1 aliphatic carbocycles. The average Bonchev–Trinajstić information content (AvgIpc) is 3.32. The molecule has 0 saturated carbocycles. The summed E-state index contributed by atoms with van der Waals surface area (Å²) >= 11 is 1.86. The minimum absolute atomic E-state index is 1.12. The maximum Gasteiger partial charge on any atom is 0.0540 e. The summed E-state index contributed by atoms with van der Waals surface area (Å²) in [7, 11) is 0. The monoisotopic (exact) mass is 479 g/mol. The summed E-state index contributed by atoms with van der Waals surface area (Å²) in [5.41, 5.74) is 6.11. The van der Waals surface area contributed by atoms with Crippen LogP contribution in [0.15, 0.2) is 127 Å². The van der Waals surface area contributed by atoms with Crippen molar-refractivity contribution in [2.45, 2.75) is 12.8 Å². The van der Waals surface area contributed by atoms with Gasteiger partial charge in [0, 0.05) is 36.9 Å². The molecule has 5 aromatic carbocycles. The molecule has 0 N–H and O–H groups in total. The molecule has 0 bridgehead atoms. The molecule has 0 amide bonds. The van der Waals surface area contributed by atoms with Gasteiger partial charge >= 0.3 is 0 Å². The number of hydrogen-bond donors (Lipinski definition) is 0. The lowest BCUT2D eigenvalue weighted by Gasteiger charge is -2.27. The third-order valence-electron chi connectivity index (χ3n) is 7.08. The van der Waals surface area contributed by atoms with E-state index in [1.54, 1.807) is 0 Å². The number of allylic oxidation sites excluding steroid dienone is 4. The first-order chi connectivity index (χ1) is 17.8. The quantitative estimate of drug-likeness (QED) is 0.243. The summed E-state index contributed by atoms with van der Waals surface area (Å²) in [5.74, 6) is 0. The fourth-order valence-electron chi connectivity index (χ4n) is 5.31. The van der Waals surface area contributed by atoms with E-state index in [9.17, 15) is 0 Å². The average molecular weight is 480 g/mol. The molecule has 1 heterocycles. The first-order valence-corrected chi connectivity index (χ1v) is 13.3. The van der Waals surface area contributed by atoms with Crippen molar-refractivity contribution in [3.8, 4) is 0 Å². The largest absolute Gasteiger partial charge is 0.310 e. The standard InChI is InChI=1S/C34H25NS/c1-2-9-24(10-3-1)25-17-19-27(20-18-25)35(32-15-8-12-26-11-4-5-13-29(26)32)28-21-22-34-31(23-28)30-14-6-7-16-33(30)36-34/h2,4-23H,1,3H2. The number of thiophene rings is 1.